The molecule has 0 aliphatic carbocycles. The molecule has 0 spiro atoms. The van der Waals surface area contributed by atoms with Crippen LogP contribution in [0.15, 0.2) is 71.1 Å². The summed E-state index contributed by atoms with van der Waals surface area (Å²) < 4.78 is 19.1. The number of amides is 1. The van der Waals surface area contributed by atoms with Crippen molar-refractivity contribution >= 4 is 22.7 Å². The van der Waals surface area contributed by atoms with Gasteiger partial charge in [0.1, 0.15) is 11.3 Å². The van der Waals surface area contributed by atoms with Crippen LogP contribution in [0.1, 0.15) is 15.9 Å². The minimum absolute atomic E-state index is 0.257. The number of oxazole rings is 1. The fourth-order valence-electron chi connectivity index (χ4n) is 2.72. The van der Waals surface area contributed by atoms with Crippen LogP contribution in [0.5, 0.6) is 0 Å². The number of rotatable bonds is 3. The highest BCUT2D eigenvalue weighted by Gasteiger charge is 2.11. The largest absolute Gasteiger partial charge is 0.436 e. The van der Waals surface area contributed by atoms with Gasteiger partial charge in [-0.15, -0.1) is 0 Å². The van der Waals surface area contributed by atoms with Gasteiger partial charge in [-0.3, -0.25) is 4.79 Å². The normalized spacial score (nSPS) is 10.8. The predicted octanol–water partition coefficient (Wildman–Crippen LogP) is 5.19. The number of anilines is 1. The van der Waals surface area contributed by atoms with E-state index in [-0.39, 0.29) is 11.5 Å². The van der Waals surface area contributed by atoms with Gasteiger partial charge in [0.25, 0.3) is 5.91 Å². The molecule has 0 saturated heterocycles. The number of carbonyl (C=O) groups is 1. The van der Waals surface area contributed by atoms with Crippen LogP contribution in [0.4, 0.5) is 10.1 Å². The summed E-state index contributed by atoms with van der Waals surface area (Å²) in [4.78, 5) is 16.8. The number of hydrogen-bond acceptors (Lipinski definition) is 3. The van der Waals surface area contributed by atoms with Gasteiger partial charge in [-0.25, -0.2) is 9.37 Å². The van der Waals surface area contributed by atoms with E-state index in [4.69, 9.17) is 4.42 Å². The number of fused-ring (bicyclic) bond motifs is 1. The molecule has 0 fully saturated rings. The number of aromatic nitrogens is 1. The number of hydrogen-bond donors (Lipinski definition) is 1. The average molecular weight is 346 g/mol. The van der Waals surface area contributed by atoms with E-state index in [1.165, 1.54) is 18.2 Å². The van der Waals surface area contributed by atoms with E-state index < -0.39 is 5.82 Å². The van der Waals surface area contributed by atoms with Gasteiger partial charge in [-0.2, -0.15) is 0 Å². The first-order valence-electron chi connectivity index (χ1n) is 8.13. The average Bonchev–Trinajstić information content (AvgIpc) is 3.05. The Hall–Kier alpha value is -3.47. The fraction of sp³-hybridized carbons (Fsp3) is 0.0476. The van der Waals surface area contributed by atoms with E-state index in [0.29, 0.717) is 17.2 Å². The second-order valence-corrected chi connectivity index (χ2v) is 6.04. The van der Waals surface area contributed by atoms with Crippen LogP contribution in [0, 0.1) is 12.7 Å². The van der Waals surface area contributed by atoms with Gasteiger partial charge in [0.05, 0.1) is 0 Å². The predicted molar refractivity (Wildman–Crippen MR) is 98.5 cm³/mol. The number of halogens is 1. The first kappa shape index (κ1) is 16.0. The lowest BCUT2D eigenvalue weighted by atomic mass is 10.1. The molecule has 4 aromatic rings. The summed E-state index contributed by atoms with van der Waals surface area (Å²) in [6, 6.07) is 18.6. The van der Waals surface area contributed by atoms with E-state index in [1.54, 1.807) is 24.3 Å². The van der Waals surface area contributed by atoms with Crippen LogP contribution in [0.25, 0.3) is 22.6 Å². The molecule has 1 aromatic heterocycles. The molecule has 4 rings (SSSR count). The number of benzene rings is 3. The van der Waals surface area contributed by atoms with Crippen LogP contribution in [0.3, 0.4) is 0 Å². The Balaban J connectivity index is 1.62. The summed E-state index contributed by atoms with van der Waals surface area (Å²) in [7, 11) is 0. The maximum atomic E-state index is 13.3. The zero-order valence-electron chi connectivity index (χ0n) is 14.0. The van der Waals surface area contributed by atoms with Crippen molar-refractivity contribution in [3.63, 3.8) is 0 Å². The summed E-state index contributed by atoms with van der Waals surface area (Å²) >= 11 is 0. The molecule has 128 valence electrons. The smallest absolute Gasteiger partial charge is 0.255 e. The highest BCUT2D eigenvalue weighted by molar-refractivity contribution is 6.04. The molecule has 0 aliphatic heterocycles. The van der Waals surface area contributed by atoms with Crippen molar-refractivity contribution in [2.24, 2.45) is 0 Å². The molecule has 0 saturated carbocycles. The molecular weight excluding hydrogens is 331 g/mol. The monoisotopic (exact) mass is 346 g/mol. The summed E-state index contributed by atoms with van der Waals surface area (Å²) in [6.45, 7) is 1.99. The second kappa shape index (κ2) is 6.44. The molecule has 1 heterocycles. The van der Waals surface area contributed by atoms with Crippen molar-refractivity contribution in [3.8, 4) is 11.5 Å². The zero-order valence-corrected chi connectivity index (χ0v) is 14.0. The fourth-order valence-corrected chi connectivity index (χ4v) is 2.72. The lowest BCUT2D eigenvalue weighted by molar-refractivity contribution is 0.102. The lowest BCUT2D eigenvalue weighted by Gasteiger charge is -2.06. The molecule has 0 radical (unpaired) electrons. The third-order valence-corrected chi connectivity index (χ3v) is 4.00. The Bertz CT molecular complexity index is 1120. The van der Waals surface area contributed by atoms with Crippen LogP contribution < -0.4 is 5.32 Å². The molecule has 0 atom stereocenters. The molecular formula is C21H15FN2O2. The molecule has 5 heteroatoms. The van der Waals surface area contributed by atoms with Gasteiger partial charge in [0, 0.05) is 16.8 Å². The van der Waals surface area contributed by atoms with Gasteiger partial charge < -0.3 is 9.73 Å². The summed E-state index contributed by atoms with van der Waals surface area (Å²) in [5.41, 5.74) is 4.17. The number of nitrogens with one attached hydrogen (secondary N) is 1. The van der Waals surface area contributed by atoms with Crippen LogP contribution in [-0.2, 0) is 0 Å². The first-order valence-corrected chi connectivity index (χ1v) is 8.13. The van der Waals surface area contributed by atoms with Crippen molar-refractivity contribution in [1.29, 1.82) is 0 Å². The second-order valence-electron chi connectivity index (χ2n) is 6.04. The van der Waals surface area contributed by atoms with Gasteiger partial charge in [-0.1, -0.05) is 18.2 Å². The van der Waals surface area contributed by atoms with E-state index in [0.717, 1.165) is 16.6 Å². The van der Waals surface area contributed by atoms with Crippen molar-refractivity contribution in [2.75, 3.05) is 5.32 Å². The minimum Gasteiger partial charge on any atom is -0.436 e. The molecule has 0 bridgehead atoms. The maximum Gasteiger partial charge on any atom is 0.255 e. The Morgan fingerprint density at radius 2 is 1.88 bits per heavy atom. The summed E-state index contributed by atoms with van der Waals surface area (Å²) in [5.74, 6) is -0.351. The zero-order chi connectivity index (χ0) is 18.1. The topological polar surface area (TPSA) is 55.1 Å². The van der Waals surface area contributed by atoms with Crippen LogP contribution in [0.2, 0.25) is 0 Å². The van der Waals surface area contributed by atoms with E-state index >= 15 is 0 Å². The minimum atomic E-state index is -0.451. The van der Waals surface area contributed by atoms with Crippen molar-refractivity contribution < 1.29 is 13.6 Å². The lowest BCUT2D eigenvalue weighted by Crippen LogP contribution is -2.12. The molecule has 0 aliphatic rings. The first-order chi connectivity index (χ1) is 12.6. The summed E-state index contributed by atoms with van der Waals surface area (Å²) in [6.07, 6.45) is 0. The number of nitrogens with zero attached hydrogens (tertiary/aromatic N) is 1. The highest BCUT2D eigenvalue weighted by atomic mass is 19.1. The van der Waals surface area contributed by atoms with Crippen molar-refractivity contribution in [2.45, 2.75) is 6.92 Å². The molecule has 26 heavy (non-hydrogen) atoms. The van der Waals surface area contributed by atoms with E-state index in [2.05, 4.69) is 10.3 Å². The molecule has 1 amide bonds. The Kier molecular flexibility index (Phi) is 3.97. The van der Waals surface area contributed by atoms with Gasteiger partial charge >= 0.3 is 0 Å². The van der Waals surface area contributed by atoms with Crippen LogP contribution >= 0.6 is 0 Å². The summed E-state index contributed by atoms with van der Waals surface area (Å²) in [5, 5.41) is 2.76. The number of aryl methyl sites for hydroxylation is 1. The van der Waals surface area contributed by atoms with E-state index in [9.17, 15) is 9.18 Å². The Labute approximate surface area is 149 Å². The van der Waals surface area contributed by atoms with Crippen LogP contribution in [-0.4, -0.2) is 10.9 Å². The molecule has 3 aromatic carbocycles. The molecule has 4 nitrogen and oxygen atoms in total. The molecule has 1 N–H and O–H groups in total. The quantitative estimate of drug-likeness (QED) is 0.555. The van der Waals surface area contributed by atoms with Crippen molar-refractivity contribution in [3.05, 3.63) is 83.7 Å². The highest BCUT2D eigenvalue weighted by Crippen LogP contribution is 2.27. The van der Waals surface area contributed by atoms with E-state index in [1.807, 2.05) is 31.2 Å². The van der Waals surface area contributed by atoms with Gasteiger partial charge in [-0.05, 0) is 61.0 Å². The SMILES string of the molecule is Cc1ccc2nc(-c3cccc(NC(=O)c4cccc(F)c4)c3)oc2c1. The molecule has 0 unspecified atom stereocenters. The van der Waals surface area contributed by atoms with Gasteiger partial charge in [0.2, 0.25) is 5.89 Å². The maximum absolute atomic E-state index is 13.3. The number of carbonyl (C=O) groups excluding carboxylic acids is 1. The van der Waals surface area contributed by atoms with Crippen molar-refractivity contribution in [1.82, 2.24) is 4.98 Å². The Morgan fingerprint density at radius 3 is 2.73 bits per heavy atom. The standard InChI is InChI=1S/C21H15FN2O2/c1-13-8-9-18-19(10-13)26-21(24-18)15-5-3-7-17(12-15)23-20(25)14-4-2-6-16(22)11-14/h2-12H,1H3,(H,23,25). The third-order valence-electron chi connectivity index (χ3n) is 4.00. The van der Waals surface area contributed by atoms with Gasteiger partial charge in [0.15, 0.2) is 5.58 Å². The Morgan fingerprint density at radius 1 is 1.04 bits per heavy atom. The third kappa shape index (κ3) is 3.19.